The number of fused-ring (bicyclic) bond motifs is 2. The average Bonchev–Trinajstić information content (AvgIpc) is 2.50. The lowest BCUT2D eigenvalue weighted by molar-refractivity contribution is -0.0298. The van der Waals surface area contributed by atoms with Crippen LogP contribution in [0.2, 0.25) is 0 Å². The zero-order chi connectivity index (χ0) is 17.1. The van der Waals surface area contributed by atoms with Crippen molar-refractivity contribution in [1.29, 1.82) is 0 Å². The van der Waals surface area contributed by atoms with Gasteiger partial charge in [-0.3, -0.25) is 0 Å². The Balaban J connectivity index is 1.98. The summed E-state index contributed by atoms with van der Waals surface area (Å²) in [5, 5.41) is 1.43. The van der Waals surface area contributed by atoms with Crippen LogP contribution in [0.1, 0.15) is 6.42 Å². The maximum absolute atomic E-state index is 6.34. The van der Waals surface area contributed by atoms with Gasteiger partial charge in [-0.25, -0.2) is 0 Å². The molecule has 0 saturated heterocycles. The Morgan fingerprint density at radius 2 is 2.12 bits per heavy atom. The van der Waals surface area contributed by atoms with Crippen LogP contribution in [0.15, 0.2) is 57.4 Å². The predicted molar refractivity (Wildman–Crippen MR) is 95.9 cm³/mol. The smallest absolute Gasteiger partial charge is 0.189 e. The molecule has 0 bridgehead atoms. The molecule has 0 radical (unpaired) electrons. The minimum atomic E-state index is -0.198. The van der Waals surface area contributed by atoms with E-state index in [1.165, 1.54) is 0 Å². The molecule has 2 unspecified atom stereocenters. The van der Waals surface area contributed by atoms with E-state index in [2.05, 4.69) is 4.90 Å². The zero-order valence-corrected chi connectivity index (χ0v) is 15.3. The molecular weight excluding hydrogens is 349 g/mol. The van der Waals surface area contributed by atoms with Gasteiger partial charge in [0.15, 0.2) is 6.79 Å². The number of ether oxygens (including phenoxy) is 3. The number of allylic oxidation sites excluding steroid dienone is 3. The van der Waals surface area contributed by atoms with Gasteiger partial charge >= 0.3 is 0 Å². The molecule has 130 valence electrons. The van der Waals surface area contributed by atoms with Crippen LogP contribution >= 0.6 is 23.2 Å². The first-order valence-corrected chi connectivity index (χ1v) is 8.66. The molecule has 0 aromatic heterocycles. The van der Waals surface area contributed by atoms with Crippen LogP contribution < -0.4 is 0 Å². The Hall–Kier alpha value is -1.04. The summed E-state index contributed by atoms with van der Waals surface area (Å²) in [4.78, 5) is 2.09. The van der Waals surface area contributed by atoms with Crippen LogP contribution in [0.5, 0.6) is 0 Å². The Kier molecular flexibility index (Phi) is 5.85. The van der Waals surface area contributed by atoms with E-state index in [0.29, 0.717) is 18.1 Å². The van der Waals surface area contributed by atoms with Crippen LogP contribution in [0.25, 0.3) is 0 Å². The highest BCUT2D eigenvalue weighted by molar-refractivity contribution is 6.31. The third kappa shape index (κ3) is 4.13. The molecule has 0 saturated carbocycles. The third-order valence-corrected chi connectivity index (χ3v) is 4.55. The molecule has 3 rings (SSSR count). The number of hydrogen-bond donors (Lipinski definition) is 0. The third-order valence-electron chi connectivity index (χ3n) is 4.05. The molecule has 24 heavy (non-hydrogen) atoms. The predicted octanol–water partition coefficient (Wildman–Crippen LogP) is 3.71. The fourth-order valence-corrected chi connectivity index (χ4v) is 3.36. The largest absolute Gasteiger partial charge is 0.474 e. The van der Waals surface area contributed by atoms with Gasteiger partial charge in [0.05, 0.1) is 19.0 Å². The highest BCUT2D eigenvalue weighted by atomic mass is 35.5. The molecule has 4 nitrogen and oxygen atoms in total. The number of hydrogen-bond acceptors (Lipinski definition) is 4. The monoisotopic (exact) mass is 369 g/mol. The van der Waals surface area contributed by atoms with E-state index in [9.17, 15) is 0 Å². The van der Waals surface area contributed by atoms with Crippen molar-refractivity contribution in [3.8, 4) is 0 Å². The second-order valence-electron chi connectivity index (χ2n) is 6.16. The summed E-state index contributed by atoms with van der Waals surface area (Å²) in [6, 6.07) is 0. The molecule has 0 fully saturated rings. The van der Waals surface area contributed by atoms with Crippen molar-refractivity contribution >= 4 is 23.2 Å². The number of halogens is 2. The first-order valence-electron chi connectivity index (χ1n) is 7.90. The van der Waals surface area contributed by atoms with Gasteiger partial charge < -0.3 is 19.1 Å². The molecule has 0 N–H and O–H groups in total. The van der Waals surface area contributed by atoms with Crippen LogP contribution in [0, 0.1) is 0 Å². The van der Waals surface area contributed by atoms with Gasteiger partial charge in [0, 0.05) is 28.6 Å². The number of likely N-dealkylation sites (N-methyl/N-ethyl adjacent to an activating group) is 1. The van der Waals surface area contributed by atoms with Gasteiger partial charge in [-0.2, -0.15) is 0 Å². The maximum atomic E-state index is 6.34. The quantitative estimate of drug-likeness (QED) is 0.755. The van der Waals surface area contributed by atoms with Gasteiger partial charge in [-0.05, 0) is 49.5 Å². The Bertz CT molecular complexity index is 647. The first kappa shape index (κ1) is 17.8. The molecule has 0 spiro atoms. The minimum Gasteiger partial charge on any atom is -0.474 e. The van der Waals surface area contributed by atoms with E-state index < -0.39 is 0 Å². The fourth-order valence-electron chi connectivity index (χ4n) is 2.91. The fraction of sp³-hybridized carbons (Fsp3) is 0.444. The van der Waals surface area contributed by atoms with Gasteiger partial charge in [-0.15, -0.1) is 0 Å². The minimum absolute atomic E-state index is 0.149. The molecule has 1 heterocycles. The lowest BCUT2D eigenvalue weighted by Crippen LogP contribution is -2.30. The molecule has 0 aromatic carbocycles. The lowest BCUT2D eigenvalue weighted by atomic mass is 9.85. The van der Waals surface area contributed by atoms with E-state index in [-0.39, 0.29) is 19.0 Å². The van der Waals surface area contributed by atoms with Crippen molar-refractivity contribution in [2.75, 3.05) is 34.0 Å². The average molecular weight is 370 g/mol. The number of nitrogens with zero attached hydrogens (tertiary/aromatic N) is 1. The summed E-state index contributed by atoms with van der Waals surface area (Å²) >= 11 is 12.6. The molecule has 2 atom stereocenters. The molecule has 3 aliphatic rings. The summed E-state index contributed by atoms with van der Waals surface area (Å²) < 4.78 is 17.4. The summed E-state index contributed by atoms with van der Waals surface area (Å²) in [6.45, 7) is 1.64. The lowest BCUT2D eigenvalue weighted by Gasteiger charge is -2.32. The molecule has 0 amide bonds. The highest BCUT2D eigenvalue weighted by Crippen LogP contribution is 2.38. The Morgan fingerprint density at radius 1 is 1.29 bits per heavy atom. The van der Waals surface area contributed by atoms with Crippen molar-refractivity contribution in [3.05, 3.63) is 57.4 Å². The topological polar surface area (TPSA) is 30.9 Å². The van der Waals surface area contributed by atoms with E-state index in [4.69, 9.17) is 37.4 Å². The Morgan fingerprint density at radius 3 is 2.92 bits per heavy atom. The second-order valence-corrected chi connectivity index (χ2v) is 7.08. The summed E-state index contributed by atoms with van der Waals surface area (Å²) in [6.07, 6.45) is 9.62. The van der Waals surface area contributed by atoms with Crippen LogP contribution in [-0.4, -0.2) is 51.1 Å². The summed E-state index contributed by atoms with van der Waals surface area (Å²) in [5.74, 6) is 0. The van der Waals surface area contributed by atoms with Crippen molar-refractivity contribution in [2.45, 2.75) is 18.6 Å². The van der Waals surface area contributed by atoms with Gasteiger partial charge in [0.25, 0.3) is 0 Å². The molecule has 0 aromatic rings. The van der Waals surface area contributed by atoms with E-state index in [1.807, 2.05) is 38.4 Å². The standard InChI is InChI=1S/C18H21Cl2NO3/c1-21(2)5-6-23-17-9-14(20)7-12-10-22-11-24-16-4-3-13(19)8-15(16)18(12)17/h3-4,7-8,10,16-17H,5-6,9,11H2,1-2H3. The Labute approximate surface area is 152 Å². The van der Waals surface area contributed by atoms with Crippen molar-refractivity contribution < 1.29 is 14.2 Å². The van der Waals surface area contributed by atoms with Crippen molar-refractivity contribution in [1.82, 2.24) is 4.90 Å². The molecule has 6 heteroatoms. The van der Waals surface area contributed by atoms with Crippen LogP contribution in [0.3, 0.4) is 0 Å². The maximum Gasteiger partial charge on any atom is 0.189 e. The van der Waals surface area contributed by atoms with E-state index in [1.54, 1.807) is 6.26 Å². The van der Waals surface area contributed by atoms with E-state index >= 15 is 0 Å². The summed E-state index contributed by atoms with van der Waals surface area (Å²) in [7, 11) is 4.04. The van der Waals surface area contributed by atoms with Gasteiger partial charge in [0.1, 0.15) is 6.10 Å². The molecule has 2 aliphatic carbocycles. The number of rotatable bonds is 4. The molecular formula is C18H21Cl2NO3. The first-order chi connectivity index (χ1) is 11.5. The molecule has 1 aliphatic heterocycles. The zero-order valence-electron chi connectivity index (χ0n) is 13.8. The van der Waals surface area contributed by atoms with Crippen LogP contribution in [0.4, 0.5) is 0 Å². The SMILES string of the molecule is CN(C)CCOC1CC(Cl)=CC2=COCOC3C=CC(Cl)=CC3=C21. The van der Waals surface area contributed by atoms with Crippen LogP contribution in [-0.2, 0) is 14.2 Å². The van der Waals surface area contributed by atoms with Gasteiger partial charge in [0.2, 0.25) is 0 Å². The van der Waals surface area contributed by atoms with Gasteiger partial charge in [-0.1, -0.05) is 23.2 Å². The normalized spacial score (nSPS) is 26.6. The summed E-state index contributed by atoms with van der Waals surface area (Å²) in [5.41, 5.74) is 2.96. The van der Waals surface area contributed by atoms with Crippen molar-refractivity contribution in [3.63, 3.8) is 0 Å². The highest BCUT2D eigenvalue weighted by Gasteiger charge is 2.31. The van der Waals surface area contributed by atoms with E-state index in [0.717, 1.165) is 28.3 Å². The van der Waals surface area contributed by atoms with Crippen molar-refractivity contribution in [2.24, 2.45) is 0 Å². The second kappa shape index (κ2) is 7.89.